The summed E-state index contributed by atoms with van der Waals surface area (Å²) in [5, 5.41) is 4.16. The van der Waals surface area contributed by atoms with Gasteiger partial charge in [0.05, 0.1) is 23.7 Å². The smallest absolute Gasteiger partial charge is 0.224 e. The van der Waals surface area contributed by atoms with Crippen LogP contribution in [0.15, 0.2) is 18.2 Å². The fourth-order valence-corrected chi connectivity index (χ4v) is 3.42. The third kappa shape index (κ3) is 4.27. The van der Waals surface area contributed by atoms with Crippen molar-refractivity contribution in [2.24, 2.45) is 0 Å². The van der Waals surface area contributed by atoms with E-state index in [1.165, 1.54) is 12.1 Å². The molecule has 0 saturated carbocycles. The van der Waals surface area contributed by atoms with Gasteiger partial charge in [-0.2, -0.15) is 0 Å². The quantitative estimate of drug-likeness (QED) is 0.861. The van der Waals surface area contributed by atoms with E-state index >= 15 is 0 Å². The van der Waals surface area contributed by atoms with E-state index in [1.807, 2.05) is 6.92 Å². The molecule has 3 nitrogen and oxygen atoms in total. The van der Waals surface area contributed by atoms with E-state index < -0.39 is 5.82 Å². The molecule has 2 rings (SSSR count). The Hall–Kier alpha value is -1.46. The first-order valence-corrected chi connectivity index (χ1v) is 8.35. The number of halogens is 2. The predicted molar refractivity (Wildman–Crippen MR) is 87.8 cm³/mol. The Kier molecular flexibility index (Phi) is 5.91. The number of hydrogen-bond acceptors (Lipinski definition) is 3. The number of carbonyl (C=O) groups is 1. The summed E-state index contributed by atoms with van der Waals surface area (Å²) in [4.78, 5) is 17.5. The van der Waals surface area contributed by atoms with E-state index in [-0.39, 0.29) is 22.9 Å². The number of carbonyl (C=O) groups excluding carboxylic acids is 1. The number of thiazole rings is 1. The van der Waals surface area contributed by atoms with E-state index in [4.69, 9.17) is 11.6 Å². The van der Waals surface area contributed by atoms with E-state index in [0.29, 0.717) is 6.54 Å². The SMILES string of the molecule is CCCc1nc(C)c(CNC(=O)Cc2c(F)cccc2Cl)s1. The number of aryl methyl sites for hydroxylation is 2. The highest BCUT2D eigenvalue weighted by atomic mass is 35.5. The first-order valence-electron chi connectivity index (χ1n) is 7.16. The van der Waals surface area contributed by atoms with Crippen molar-refractivity contribution in [1.82, 2.24) is 10.3 Å². The van der Waals surface area contributed by atoms with Crippen molar-refractivity contribution in [3.05, 3.63) is 50.2 Å². The molecule has 0 aliphatic rings. The molecule has 118 valence electrons. The molecular weight excluding hydrogens is 323 g/mol. The average molecular weight is 341 g/mol. The molecule has 2 aromatic rings. The number of nitrogens with zero attached hydrogens (tertiary/aromatic N) is 1. The summed E-state index contributed by atoms with van der Waals surface area (Å²) in [5.74, 6) is -0.710. The topological polar surface area (TPSA) is 42.0 Å². The molecule has 1 aromatic carbocycles. The van der Waals surface area contributed by atoms with Crippen LogP contribution >= 0.6 is 22.9 Å². The molecule has 1 aromatic heterocycles. The first-order chi connectivity index (χ1) is 10.5. The standard InChI is InChI=1S/C16H18ClFN2OS/c1-3-5-16-20-10(2)14(22-16)9-19-15(21)8-11-12(17)6-4-7-13(11)18/h4,6-7H,3,5,8-9H2,1-2H3,(H,19,21). The number of hydrogen-bond donors (Lipinski definition) is 1. The number of nitrogens with one attached hydrogen (secondary N) is 1. The van der Waals surface area contributed by atoms with Gasteiger partial charge in [0.25, 0.3) is 0 Å². The maximum atomic E-state index is 13.7. The van der Waals surface area contributed by atoms with Crippen molar-refractivity contribution in [3.8, 4) is 0 Å². The Morgan fingerprint density at radius 3 is 2.91 bits per heavy atom. The first kappa shape index (κ1) is 16.9. The molecule has 0 aliphatic heterocycles. The summed E-state index contributed by atoms with van der Waals surface area (Å²) in [6, 6.07) is 4.41. The number of amides is 1. The maximum absolute atomic E-state index is 13.7. The molecule has 1 amide bonds. The lowest BCUT2D eigenvalue weighted by molar-refractivity contribution is -0.120. The number of aromatic nitrogens is 1. The van der Waals surface area contributed by atoms with Crippen LogP contribution in [0.1, 0.15) is 34.5 Å². The molecular formula is C16H18ClFN2OS. The molecule has 1 N–H and O–H groups in total. The van der Waals surface area contributed by atoms with Crippen LogP contribution < -0.4 is 5.32 Å². The van der Waals surface area contributed by atoms with Gasteiger partial charge in [0.15, 0.2) is 0 Å². The zero-order valence-electron chi connectivity index (χ0n) is 12.6. The Balaban J connectivity index is 1.96. The predicted octanol–water partition coefficient (Wildman–Crippen LogP) is 4.06. The van der Waals surface area contributed by atoms with Crippen molar-refractivity contribution in [3.63, 3.8) is 0 Å². The minimum Gasteiger partial charge on any atom is -0.351 e. The minimum absolute atomic E-state index is 0.0643. The van der Waals surface area contributed by atoms with Gasteiger partial charge in [0.2, 0.25) is 5.91 Å². The lowest BCUT2D eigenvalue weighted by atomic mass is 10.1. The van der Waals surface area contributed by atoms with Gasteiger partial charge in [-0.05, 0) is 31.9 Å². The second kappa shape index (κ2) is 7.70. The molecule has 1 heterocycles. The number of rotatable bonds is 6. The highest BCUT2D eigenvalue weighted by molar-refractivity contribution is 7.11. The van der Waals surface area contributed by atoms with Crippen LogP contribution in [-0.4, -0.2) is 10.9 Å². The molecule has 0 spiro atoms. The summed E-state index contributed by atoms with van der Waals surface area (Å²) >= 11 is 7.54. The van der Waals surface area contributed by atoms with Crippen molar-refractivity contribution in [1.29, 1.82) is 0 Å². The molecule has 0 aliphatic carbocycles. The fraction of sp³-hybridized carbons (Fsp3) is 0.375. The lowest BCUT2D eigenvalue weighted by Gasteiger charge is -2.07. The van der Waals surface area contributed by atoms with Crippen LogP contribution in [0.4, 0.5) is 4.39 Å². The summed E-state index contributed by atoms with van der Waals surface area (Å²) in [6.45, 7) is 4.46. The van der Waals surface area contributed by atoms with Gasteiger partial charge in [0, 0.05) is 15.5 Å². The van der Waals surface area contributed by atoms with Crippen LogP contribution in [0.2, 0.25) is 5.02 Å². The van der Waals surface area contributed by atoms with Crippen LogP contribution in [-0.2, 0) is 24.2 Å². The number of benzene rings is 1. The normalized spacial score (nSPS) is 10.7. The second-order valence-corrected chi connectivity index (χ2v) is 6.60. The Morgan fingerprint density at radius 2 is 2.23 bits per heavy atom. The van der Waals surface area contributed by atoms with Crippen molar-refractivity contribution in [2.75, 3.05) is 0 Å². The molecule has 0 bridgehead atoms. The summed E-state index contributed by atoms with van der Waals surface area (Å²) in [7, 11) is 0. The van der Waals surface area contributed by atoms with Gasteiger partial charge < -0.3 is 5.32 Å². The van der Waals surface area contributed by atoms with Gasteiger partial charge in [-0.3, -0.25) is 4.79 Å². The van der Waals surface area contributed by atoms with Gasteiger partial charge >= 0.3 is 0 Å². The van der Waals surface area contributed by atoms with Crippen molar-refractivity contribution >= 4 is 28.8 Å². The minimum atomic E-state index is -0.457. The Morgan fingerprint density at radius 1 is 1.45 bits per heavy atom. The average Bonchev–Trinajstić information content (AvgIpc) is 2.81. The van der Waals surface area contributed by atoms with Crippen molar-refractivity contribution < 1.29 is 9.18 Å². The van der Waals surface area contributed by atoms with Gasteiger partial charge in [-0.1, -0.05) is 24.6 Å². The van der Waals surface area contributed by atoms with Crippen LogP contribution in [0, 0.1) is 12.7 Å². The maximum Gasteiger partial charge on any atom is 0.224 e. The molecule has 6 heteroatoms. The summed E-state index contributed by atoms with van der Waals surface area (Å²) in [5.41, 5.74) is 1.17. The third-order valence-electron chi connectivity index (χ3n) is 3.25. The van der Waals surface area contributed by atoms with Gasteiger partial charge in [-0.15, -0.1) is 11.3 Å². The van der Waals surface area contributed by atoms with E-state index in [0.717, 1.165) is 28.4 Å². The van der Waals surface area contributed by atoms with Crippen molar-refractivity contribution in [2.45, 2.75) is 39.7 Å². The lowest BCUT2D eigenvalue weighted by Crippen LogP contribution is -2.25. The second-order valence-electron chi connectivity index (χ2n) is 5.02. The van der Waals surface area contributed by atoms with Crippen LogP contribution in [0.5, 0.6) is 0 Å². The van der Waals surface area contributed by atoms with Gasteiger partial charge in [0.1, 0.15) is 5.82 Å². The molecule has 0 unspecified atom stereocenters. The zero-order chi connectivity index (χ0) is 16.1. The Bertz CT molecular complexity index is 652. The van der Waals surface area contributed by atoms with Gasteiger partial charge in [-0.25, -0.2) is 9.37 Å². The monoisotopic (exact) mass is 340 g/mol. The largest absolute Gasteiger partial charge is 0.351 e. The highest BCUT2D eigenvalue weighted by Crippen LogP contribution is 2.21. The van der Waals surface area contributed by atoms with E-state index in [9.17, 15) is 9.18 Å². The van der Waals surface area contributed by atoms with Crippen LogP contribution in [0.25, 0.3) is 0 Å². The zero-order valence-corrected chi connectivity index (χ0v) is 14.2. The van der Waals surface area contributed by atoms with E-state index in [2.05, 4.69) is 17.2 Å². The third-order valence-corrected chi connectivity index (χ3v) is 4.82. The van der Waals surface area contributed by atoms with E-state index in [1.54, 1.807) is 17.4 Å². The molecule has 22 heavy (non-hydrogen) atoms. The molecule has 0 radical (unpaired) electrons. The fourth-order valence-electron chi connectivity index (χ4n) is 2.08. The Labute approximate surface area is 138 Å². The summed E-state index contributed by atoms with van der Waals surface area (Å²) < 4.78 is 13.7. The highest BCUT2D eigenvalue weighted by Gasteiger charge is 2.13. The van der Waals surface area contributed by atoms with Crippen LogP contribution in [0.3, 0.4) is 0 Å². The molecule has 0 saturated heterocycles. The summed E-state index contributed by atoms with van der Waals surface area (Å²) in [6.07, 6.45) is 1.93. The molecule has 0 fully saturated rings. The molecule has 0 atom stereocenters.